The molecule has 3 nitrogen and oxygen atoms in total. The van der Waals surface area contributed by atoms with Crippen LogP contribution in [-0.4, -0.2) is 22.8 Å². The van der Waals surface area contributed by atoms with Crippen molar-refractivity contribution >= 4 is 11.6 Å². The fourth-order valence-electron chi connectivity index (χ4n) is 7.67. The molecule has 0 spiro atoms. The molecule has 4 fully saturated rings. The lowest BCUT2D eigenvalue weighted by molar-refractivity contribution is -0.170. The van der Waals surface area contributed by atoms with Gasteiger partial charge in [-0.15, -0.1) is 0 Å². The number of hydrogen-bond donors (Lipinski definition) is 1. The Hall–Kier alpha value is -0.700. The van der Waals surface area contributed by atoms with Crippen molar-refractivity contribution in [2.24, 2.45) is 40.4 Å². The molecular weight excluding hydrogens is 300 g/mol. The Morgan fingerprint density at radius 1 is 1.12 bits per heavy atom. The Morgan fingerprint density at radius 2 is 1.88 bits per heavy atom. The van der Waals surface area contributed by atoms with E-state index in [1.807, 2.05) is 0 Å². The number of aliphatic hydroxyl groups is 1. The molecule has 0 aromatic heterocycles. The van der Waals surface area contributed by atoms with E-state index in [0.29, 0.717) is 29.5 Å². The average molecular weight is 332 g/mol. The Kier molecular flexibility index (Phi) is 3.77. The molecule has 0 aromatic rings. The van der Waals surface area contributed by atoms with Gasteiger partial charge in [0.05, 0.1) is 6.10 Å². The molecule has 3 heteroatoms. The predicted octanol–water partition coefficient (Wildman–Crippen LogP) is 3.77. The van der Waals surface area contributed by atoms with Gasteiger partial charge < -0.3 is 5.11 Å². The van der Waals surface area contributed by atoms with Crippen LogP contribution < -0.4 is 0 Å². The average Bonchev–Trinajstić information content (AvgIpc) is 2.88. The summed E-state index contributed by atoms with van der Waals surface area (Å²) in [4.78, 5) is 24.1. The molecule has 4 rings (SSSR count). The molecular formula is C21H32O3. The second-order valence-electron chi connectivity index (χ2n) is 9.76. The first-order valence-corrected chi connectivity index (χ1v) is 9.98. The summed E-state index contributed by atoms with van der Waals surface area (Å²) in [6.07, 6.45) is 7.36. The van der Waals surface area contributed by atoms with Crippen LogP contribution in [0.15, 0.2) is 0 Å². The monoisotopic (exact) mass is 332 g/mol. The van der Waals surface area contributed by atoms with E-state index in [2.05, 4.69) is 13.8 Å². The number of carbonyl (C=O) groups excluding carboxylic acids is 2. The molecule has 4 aliphatic carbocycles. The van der Waals surface area contributed by atoms with Gasteiger partial charge in [0.2, 0.25) is 0 Å². The highest BCUT2D eigenvalue weighted by molar-refractivity contribution is 5.80. The Bertz CT molecular complexity index is 569. The number of aliphatic hydroxyl groups excluding tert-OH is 1. The molecule has 0 amide bonds. The molecule has 0 aliphatic heterocycles. The standard InChI is InChI=1S/C21H32O3/c1-12(22)16-6-7-17-15-5-4-13-10-14(23)8-9-20(13,2)18(15)11-19(24)21(16,17)3/h13,15-19,24H,4-11H2,1-3H3/t13-,15+,16-,17+,18+,19-,20+,21-/m1/s1. The topological polar surface area (TPSA) is 54.4 Å². The third kappa shape index (κ3) is 2.06. The maximum atomic E-state index is 12.2. The minimum absolute atomic E-state index is 0.0388. The smallest absolute Gasteiger partial charge is 0.133 e. The number of rotatable bonds is 1. The third-order valence-electron chi connectivity index (χ3n) is 9.08. The molecule has 0 aromatic carbocycles. The van der Waals surface area contributed by atoms with Crippen LogP contribution in [0.1, 0.15) is 72.1 Å². The Labute approximate surface area is 145 Å². The first-order valence-electron chi connectivity index (χ1n) is 9.98. The van der Waals surface area contributed by atoms with E-state index in [1.165, 1.54) is 6.42 Å². The summed E-state index contributed by atoms with van der Waals surface area (Å²) < 4.78 is 0. The Morgan fingerprint density at radius 3 is 2.58 bits per heavy atom. The predicted molar refractivity (Wildman–Crippen MR) is 92.3 cm³/mol. The molecule has 0 unspecified atom stereocenters. The fourth-order valence-corrected chi connectivity index (χ4v) is 7.67. The van der Waals surface area contributed by atoms with Crippen molar-refractivity contribution in [1.29, 1.82) is 0 Å². The summed E-state index contributed by atoms with van der Waals surface area (Å²) in [5.74, 6) is 2.91. The van der Waals surface area contributed by atoms with Gasteiger partial charge in [0, 0.05) is 24.2 Å². The van der Waals surface area contributed by atoms with Gasteiger partial charge in [-0.1, -0.05) is 13.8 Å². The lowest BCUT2D eigenvalue weighted by Crippen LogP contribution is -2.58. The normalized spacial score (nSPS) is 53.9. The molecule has 24 heavy (non-hydrogen) atoms. The summed E-state index contributed by atoms with van der Waals surface area (Å²) in [5, 5.41) is 11.1. The van der Waals surface area contributed by atoms with Crippen LogP contribution in [0.2, 0.25) is 0 Å². The summed E-state index contributed by atoms with van der Waals surface area (Å²) in [6.45, 7) is 6.30. The SMILES string of the molecule is CC(=O)[C@H]1CC[C@H]2[C@@H]3CC[C@@H]4CC(=O)CC[C@]4(C)[C@H]3C[C@@H](O)[C@]12C. The van der Waals surface area contributed by atoms with E-state index in [4.69, 9.17) is 0 Å². The van der Waals surface area contributed by atoms with Crippen LogP contribution in [-0.2, 0) is 9.59 Å². The molecule has 8 atom stereocenters. The van der Waals surface area contributed by atoms with E-state index in [9.17, 15) is 14.7 Å². The Balaban J connectivity index is 1.67. The molecule has 4 aliphatic rings. The van der Waals surface area contributed by atoms with Crippen molar-refractivity contribution in [1.82, 2.24) is 0 Å². The highest BCUT2D eigenvalue weighted by Crippen LogP contribution is 2.67. The highest BCUT2D eigenvalue weighted by Gasteiger charge is 2.63. The maximum Gasteiger partial charge on any atom is 0.133 e. The van der Waals surface area contributed by atoms with Crippen LogP contribution >= 0.6 is 0 Å². The number of carbonyl (C=O) groups is 2. The number of Topliss-reactive ketones (excluding diaryl/α,β-unsaturated/α-hetero) is 2. The lowest BCUT2D eigenvalue weighted by atomic mass is 9.44. The first kappa shape index (κ1) is 16.8. The molecule has 0 saturated heterocycles. The van der Waals surface area contributed by atoms with Crippen molar-refractivity contribution in [3.05, 3.63) is 0 Å². The van der Waals surface area contributed by atoms with Crippen molar-refractivity contribution < 1.29 is 14.7 Å². The van der Waals surface area contributed by atoms with Gasteiger partial charge in [0.1, 0.15) is 11.6 Å². The van der Waals surface area contributed by atoms with E-state index >= 15 is 0 Å². The maximum absolute atomic E-state index is 12.2. The van der Waals surface area contributed by atoms with Crippen molar-refractivity contribution in [3.8, 4) is 0 Å². The van der Waals surface area contributed by atoms with Gasteiger partial charge >= 0.3 is 0 Å². The van der Waals surface area contributed by atoms with Gasteiger partial charge in [0.25, 0.3) is 0 Å². The molecule has 4 saturated carbocycles. The zero-order chi connectivity index (χ0) is 17.3. The van der Waals surface area contributed by atoms with Crippen molar-refractivity contribution in [2.45, 2.75) is 78.2 Å². The zero-order valence-corrected chi connectivity index (χ0v) is 15.4. The highest BCUT2D eigenvalue weighted by atomic mass is 16.3. The summed E-state index contributed by atoms with van der Waals surface area (Å²) >= 11 is 0. The van der Waals surface area contributed by atoms with Gasteiger partial charge in [0.15, 0.2) is 0 Å². The zero-order valence-electron chi connectivity index (χ0n) is 15.4. The number of ketones is 2. The van der Waals surface area contributed by atoms with Crippen LogP contribution in [0, 0.1) is 40.4 Å². The molecule has 0 radical (unpaired) electrons. The lowest BCUT2D eigenvalue weighted by Gasteiger charge is -2.61. The van der Waals surface area contributed by atoms with E-state index in [0.717, 1.165) is 44.9 Å². The van der Waals surface area contributed by atoms with E-state index in [1.54, 1.807) is 6.92 Å². The first-order chi connectivity index (χ1) is 11.3. The summed E-state index contributed by atoms with van der Waals surface area (Å²) in [6, 6.07) is 0. The van der Waals surface area contributed by atoms with E-state index in [-0.39, 0.29) is 28.6 Å². The number of hydrogen-bond acceptors (Lipinski definition) is 3. The van der Waals surface area contributed by atoms with Crippen LogP contribution in [0.25, 0.3) is 0 Å². The summed E-state index contributed by atoms with van der Waals surface area (Å²) in [5.41, 5.74) is -0.00582. The molecule has 0 heterocycles. The molecule has 1 N–H and O–H groups in total. The summed E-state index contributed by atoms with van der Waals surface area (Å²) in [7, 11) is 0. The number of fused-ring (bicyclic) bond motifs is 5. The fraction of sp³-hybridized carbons (Fsp3) is 0.905. The quantitative estimate of drug-likeness (QED) is 0.795. The second kappa shape index (κ2) is 5.40. The van der Waals surface area contributed by atoms with Gasteiger partial charge in [-0.25, -0.2) is 0 Å². The van der Waals surface area contributed by atoms with Crippen LogP contribution in [0.4, 0.5) is 0 Å². The van der Waals surface area contributed by atoms with Crippen LogP contribution in [0.5, 0.6) is 0 Å². The van der Waals surface area contributed by atoms with Crippen molar-refractivity contribution in [2.75, 3.05) is 0 Å². The molecule has 134 valence electrons. The van der Waals surface area contributed by atoms with Crippen LogP contribution in [0.3, 0.4) is 0 Å². The minimum Gasteiger partial charge on any atom is -0.393 e. The van der Waals surface area contributed by atoms with Gasteiger partial charge in [-0.3, -0.25) is 9.59 Å². The minimum atomic E-state index is -0.367. The third-order valence-corrected chi connectivity index (χ3v) is 9.08. The van der Waals surface area contributed by atoms with Crippen molar-refractivity contribution in [3.63, 3.8) is 0 Å². The van der Waals surface area contributed by atoms with Gasteiger partial charge in [-0.05, 0) is 74.5 Å². The van der Waals surface area contributed by atoms with Gasteiger partial charge in [-0.2, -0.15) is 0 Å². The second-order valence-corrected chi connectivity index (χ2v) is 9.76. The molecule has 0 bridgehead atoms. The largest absolute Gasteiger partial charge is 0.393 e. The van der Waals surface area contributed by atoms with E-state index < -0.39 is 0 Å².